The second kappa shape index (κ2) is 9.37. The minimum absolute atomic E-state index is 0.0900. The number of carbonyl (C=O) groups excluding carboxylic acids is 2. The van der Waals surface area contributed by atoms with E-state index >= 15 is 0 Å². The van der Waals surface area contributed by atoms with Gasteiger partial charge in [-0.15, -0.1) is 11.3 Å². The Bertz CT molecular complexity index is 865. The first kappa shape index (κ1) is 21.3. The Morgan fingerprint density at radius 3 is 2.41 bits per heavy atom. The van der Waals surface area contributed by atoms with Gasteiger partial charge in [-0.1, -0.05) is 17.7 Å². The van der Waals surface area contributed by atoms with Crippen LogP contribution in [0.25, 0.3) is 11.3 Å². The van der Waals surface area contributed by atoms with Gasteiger partial charge in [0.1, 0.15) is 0 Å². The SMILES string of the molecule is CCOC(=O)N1CCN(CC(=O)Nc2nc(-c3c(C)cc(C)cc3C)cs2)CC1. The number of hydrogen-bond acceptors (Lipinski definition) is 6. The van der Waals surface area contributed by atoms with Crippen molar-refractivity contribution >= 4 is 28.5 Å². The molecule has 0 bridgehead atoms. The molecule has 1 aromatic heterocycles. The van der Waals surface area contributed by atoms with Crippen molar-refractivity contribution in [3.05, 3.63) is 34.2 Å². The number of nitrogens with one attached hydrogen (secondary N) is 1. The highest BCUT2D eigenvalue weighted by Gasteiger charge is 2.23. The summed E-state index contributed by atoms with van der Waals surface area (Å²) in [7, 11) is 0. The Kier molecular flexibility index (Phi) is 6.87. The predicted octanol–water partition coefficient (Wildman–Crippen LogP) is 3.45. The number of ether oxygens (including phenoxy) is 1. The van der Waals surface area contributed by atoms with Gasteiger partial charge in [-0.3, -0.25) is 9.69 Å². The lowest BCUT2D eigenvalue weighted by Gasteiger charge is -2.33. The summed E-state index contributed by atoms with van der Waals surface area (Å²) in [5.74, 6) is -0.0900. The molecule has 0 aliphatic carbocycles. The van der Waals surface area contributed by atoms with Crippen LogP contribution >= 0.6 is 11.3 Å². The zero-order valence-corrected chi connectivity index (χ0v) is 18.3. The largest absolute Gasteiger partial charge is 0.450 e. The average Bonchev–Trinajstić information content (AvgIpc) is 3.09. The molecule has 3 rings (SSSR count). The van der Waals surface area contributed by atoms with Crippen LogP contribution in [-0.2, 0) is 9.53 Å². The lowest BCUT2D eigenvalue weighted by molar-refractivity contribution is -0.117. The van der Waals surface area contributed by atoms with Crippen LogP contribution < -0.4 is 5.32 Å². The molecule has 8 heteroatoms. The summed E-state index contributed by atoms with van der Waals surface area (Å²) in [4.78, 5) is 32.5. The highest BCUT2D eigenvalue weighted by Crippen LogP contribution is 2.31. The van der Waals surface area contributed by atoms with E-state index in [1.807, 2.05) is 10.3 Å². The Morgan fingerprint density at radius 1 is 1.14 bits per heavy atom. The number of piperazine rings is 1. The molecular formula is C21H28N4O3S. The minimum atomic E-state index is -0.284. The van der Waals surface area contributed by atoms with Crippen LogP contribution in [0, 0.1) is 20.8 Å². The van der Waals surface area contributed by atoms with Gasteiger partial charge in [0.05, 0.1) is 18.8 Å². The van der Waals surface area contributed by atoms with Gasteiger partial charge >= 0.3 is 6.09 Å². The van der Waals surface area contributed by atoms with E-state index in [0.29, 0.717) is 37.9 Å². The number of anilines is 1. The first-order chi connectivity index (χ1) is 13.9. The van der Waals surface area contributed by atoms with Crippen molar-refractivity contribution < 1.29 is 14.3 Å². The summed E-state index contributed by atoms with van der Waals surface area (Å²) in [6.45, 7) is 11.2. The Hall–Kier alpha value is -2.45. The van der Waals surface area contributed by atoms with Gasteiger partial charge in [-0.25, -0.2) is 9.78 Å². The molecule has 1 aliphatic heterocycles. The molecule has 7 nitrogen and oxygen atoms in total. The van der Waals surface area contributed by atoms with E-state index in [1.54, 1.807) is 11.8 Å². The fourth-order valence-corrected chi connectivity index (χ4v) is 4.41. The highest BCUT2D eigenvalue weighted by atomic mass is 32.1. The summed E-state index contributed by atoms with van der Waals surface area (Å²) in [6.07, 6.45) is -0.284. The number of aromatic nitrogens is 1. The van der Waals surface area contributed by atoms with E-state index in [2.05, 4.69) is 43.2 Å². The molecule has 1 saturated heterocycles. The number of rotatable bonds is 5. The summed E-state index contributed by atoms with van der Waals surface area (Å²) in [5.41, 5.74) is 5.62. The first-order valence-electron chi connectivity index (χ1n) is 9.85. The van der Waals surface area contributed by atoms with Crippen LogP contribution in [0.4, 0.5) is 9.93 Å². The molecule has 2 aromatic rings. The third-order valence-electron chi connectivity index (χ3n) is 4.95. The van der Waals surface area contributed by atoms with E-state index in [4.69, 9.17) is 4.74 Å². The van der Waals surface area contributed by atoms with E-state index in [0.717, 1.165) is 11.3 Å². The number of benzene rings is 1. The highest BCUT2D eigenvalue weighted by molar-refractivity contribution is 7.14. The topological polar surface area (TPSA) is 74.8 Å². The van der Waals surface area contributed by atoms with Crippen LogP contribution in [0.1, 0.15) is 23.6 Å². The van der Waals surface area contributed by atoms with Crippen molar-refractivity contribution in [3.8, 4) is 11.3 Å². The molecule has 1 N–H and O–H groups in total. The lowest BCUT2D eigenvalue weighted by atomic mass is 9.98. The number of hydrogen-bond donors (Lipinski definition) is 1. The van der Waals surface area contributed by atoms with Crippen molar-refractivity contribution in [2.75, 3.05) is 44.6 Å². The molecule has 0 saturated carbocycles. The maximum absolute atomic E-state index is 12.4. The van der Waals surface area contributed by atoms with E-state index in [9.17, 15) is 9.59 Å². The summed E-state index contributed by atoms with van der Waals surface area (Å²) < 4.78 is 5.02. The van der Waals surface area contributed by atoms with Gasteiger partial charge in [0.15, 0.2) is 5.13 Å². The van der Waals surface area contributed by atoms with Crippen molar-refractivity contribution in [2.24, 2.45) is 0 Å². The molecule has 0 unspecified atom stereocenters. The molecule has 0 spiro atoms. The number of thiazole rings is 1. The van der Waals surface area contributed by atoms with Gasteiger partial charge in [-0.2, -0.15) is 0 Å². The molecule has 156 valence electrons. The number of nitrogens with zero attached hydrogens (tertiary/aromatic N) is 3. The van der Waals surface area contributed by atoms with Crippen LogP contribution in [0.15, 0.2) is 17.5 Å². The smallest absolute Gasteiger partial charge is 0.409 e. The molecule has 0 radical (unpaired) electrons. The summed E-state index contributed by atoms with van der Waals surface area (Å²) >= 11 is 1.44. The van der Waals surface area contributed by atoms with Gasteiger partial charge in [0.2, 0.25) is 5.91 Å². The second-order valence-electron chi connectivity index (χ2n) is 7.32. The van der Waals surface area contributed by atoms with E-state index < -0.39 is 0 Å². The minimum Gasteiger partial charge on any atom is -0.450 e. The third kappa shape index (κ3) is 5.33. The van der Waals surface area contributed by atoms with Gasteiger partial charge < -0.3 is 15.0 Å². The van der Waals surface area contributed by atoms with Crippen molar-refractivity contribution in [3.63, 3.8) is 0 Å². The van der Waals surface area contributed by atoms with Gasteiger partial charge in [0, 0.05) is 37.1 Å². The van der Waals surface area contributed by atoms with Crippen molar-refractivity contribution in [1.29, 1.82) is 0 Å². The molecule has 2 heterocycles. The fourth-order valence-electron chi connectivity index (χ4n) is 3.70. The average molecular weight is 417 g/mol. The van der Waals surface area contributed by atoms with Crippen LogP contribution in [0.3, 0.4) is 0 Å². The van der Waals surface area contributed by atoms with E-state index in [-0.39, 0.29) is 18.5 Å². The van der Waals surface area contributed by atoms with Gasteiger partial charge in [-0.05, 0) is 38.8 Å². The number of aryl methyl sites for hydroxylation is 3. The summed E-state index contributed by atoms with van der Waals surface area (Å²) in [5, 5.41) is 5.50. The number of carbonyl (C=O) groups is 2. The van der Waals surface area contributed by atoms with Crippen molar-refractivity contribution in [2.45, 2.75) is 27.7 Å². The molecule has 29 heavy (non-hydrogen) atoms. The van der Waals surface area contributed by atoms with Crippen LogP contribution in [0.5, 0.6) is 0 Å². The Balaban J connectivity index is 1.55. The Morgan fingerprint density at radius 2 is 1.79 bits per heavy atom. The Labute approximate surface area is 175 Å². The zero-order chi connectivity index (χ0) is 21.0. The van der Waals surface area contributed by atoms with Crippen LogP contribution in [-0.4, -0.2) is 66.1 Å². The monoisotopic (exact) mass is 416 g/mol. The molecule has 0 atom stereocenters. The molecule has 1 fully saturated rings. The number of amides is 2. The van der Waals surface area contributed by atoms with Crippen LogP contribution in [0.2, 0.25) is 0 Å². The normalized spacial score (nSPS) is 14.7. The summed E-state index contributed by atoms with van der Waals surface area (Å²) in [6, 6.07) is 4.30. The molecule has 1 aromatic carbocycles. The maximum atomic E-state index is 12.4. The molecule has 2 amide bonds. The quantitative estimate of drug-likeness (QED) is 0.808. The first-order valence-corrected chi connectivity index (χ1v) is 10.7. The molecular weight excluding hydrogens is 388 g/mol. The van der Waals surface area contributed by atoms with Gasteiger partial charge in [0.25, 0.3) is 0 Å². The second-order valence-corrected chi connectivity index (χ2v) is 8.18. The van der Waals surface area contributed by atoms with Crippen molar-refractivity contribution in [1.82, 2.24) is 14.8 Å². The standard InChI is InChI=1S/C21H28N4O3S/c1-5-28-21(27)25-8-6-24(7-9-25)12-18(26)23-20-22-17(13-29-20)19-15(3)10-14(2)11-16(19)4/h10-11,13H,5-9,12H2,1-4H3,(H,22,23,26). The molecule has 1 aliphatic rings. The zero-order valence-electron chi connectivity index (χ0n) is 17.4. The fraction of sp³-hybridized carbons (Fsp3) is 0.476. The maximum Gasteiger partial charge on any atom is 0.409 e. The van der Waals surface area contributed by atoms with E-state index in [1.165, 1.54) is 28.0 Å². The lowest BCUT2D eigenvalue weighted by Crippen LogP contribution is -2.50. The predicted molar refractivity (Wildman–Crippen MR) is 115 cm³/mol. The third-order valence-corrected chi connectivity index (χ3v) is 5.71.